The topological polar surface area (TPSA) is 49.7 Å². The molecule has 1 aliphatic heterocycles. The van der Waals surface area contributed by atoms with E-state index in [0.29, 0.717) is 0 Å². The smallest absolute Gasteiger partial charge is 0.343 e. The number of rotatable bonds is 1. The molecule has 0 aromatic rings. The Morgan fingerprint density at radius 3 is 2.50 bits per heavy atom. The molecule has 10 heavy (non-hydrogen) atoms. The van der Waals surface area contributed by atoms with Gasteiger partial charge in [-0.1, -0.05) is 5.10 Å². The average molecular weight is 141 g/mol. The lowest BCUT2D eigenvalue weighted by atomic mass is 10.3. The number of carboxylic acid groups (broad SMARTS) is 1. The summed E-state index contributed by atoms with van der Waals surface area (Å²) in [6.45, 7) is 0. The summed E-state index contributed by atoms with van der Waals surface area (Å²) in [5.41, 5.74) is 0.255. The Hall–Kier alpha value is -1.16. The first-order valence-corrected chi connectivity index (χ1v) is 2.87. The summed E-state index contributed by atoms with van der Waals surface area (Å²) >= 11 is 0. The molecule has 0 aromatic carbocycles. The van der Waals surface area contributed by atoms with E-state index < -0.39 is 5.97 Å². The molecule has 0 saturated carbocycles. The zero-order valence-corrected chi connectivity index (χ0v) is 5.90. The van der Waals surface area contributed by atoms with Crippen LogP contribution in [0.1, 0.15) is 0 Å². The van der Waals surface area contributed by atoms with Gasteiger partial charge < -0.3 is 5.11 Å². The fourth-order valence-electron chi connectivity index (χ4n) is 0.728. The van der Waals surface area contributed by atoms with Crippen molar-refractivity contribution in [2.24, 2.45) is 5.10 Å². The fraction of sp³-hybridized carbons (Fsp3) is 0.333. The van der Waals surface area contributed by atoms with Crippen LogP contribution in [0.2, 0.25) is 0 Å². The van der Waals surface area contributed by atoms with Gasteiger partial charge in [-0.05, 0) is 0 Å². The molecule has 4 heteroatoms. The van der Waals surface area contributed by atoms with Crippen molar-refractivity contribution in [1.29, 1.82) is 0 Å². The normalized spacial score (nSPS) is 20.8. The first-order valence-electron chi connectivity index (χ1n) is 2.87. The van der Waals surface area contributed by atoms with Crippen molar-refractivity contribution in [2.45, 2.75) is 0 Å². The second-order valence-corrected chi connectivity index (χ2v) is 2.61. The predicted octanol–water partition coefficient (Wildman–Crippen LogP) is 0.0307. The Labute approximate surface area is 58.7 Å². The highest BCUT2D eigenvalue weighted by atomic mass is 16.4. The summed E-state index contributed by atoms with van der Waals surface area (Å²) in [5.74, 6) is -0.924. The molecular weight excluding hydrogens is 132 g/mol. The highest BCUT2D eigenvalue weighted by Gasteiger charge is 2.22. The van der Waals surface area contributed by atoms with E-state index in [0.717, 1.165) is 0 Å². The summed E-state index contributed by atoms with van der Waals surface area (Å²) in [6.07, 6.45) is 2.94. The first kappa shape index (κ1) is 6.95. The summed E-state index contributed by atoms with van der Waals surface area (Å²) in [5, 5.41) is 12.4. The standard InChI is InChI=1S/C6H8N2O2/c1-8(2)4-5(3-7-8)6(9)10/h3-4H,1-2H3/p+1. The second-order valence-electron chi connectivity index (χ2n) is 2.61. The minimum absolute atomic E-state index is 0.255. The third-order valence-corrected chi connectivity index (χ3v) is 1.20. The van der Waals surface area contributed by atoms with Crippen molar-refractivity contribution in [3.63, 3.8) is 0 Å². The number of quaternary nitrogens is 1. The first-order chi connectivity index (χ1) is 4.51. The highest BCUT2D eigenvalue weighted by molar-refractivity contribution is 6.08. The van der Waals surface area contributed by atoms with Crippen LogP contribution in [0, 0.1) is 0 Å². The highest BCUT2D eigenvalue weighted by Crippen LogP contribution is 2.10. The van der Waals surface area contributed by atoms with Gasteiger partial charge in [0.15, 0.2) is 0 Å². The lowest BCUT2D eigenvalue weighted by Crippen LogP contribution is -2.23. The van der Waals surface area contributed by atoms with Crippen LogP contribution in [0.15, 0.2) is 16.9 Å². The van der Waals surface area contributed by atoms with Crippen LogP contribution in [-0.4, -0.2) is 36.0 Å². The number of aliphatic carboxylic acids is 1. The van der Waals surface area contributed by atoms with Gasteiger partial charge in [-0.25, -0.2) is 4.79 Å². The maximum Gasteiger partial charge on any atom is 0.343 e. The predicted molar refractivity (Wildman–Crippen MR) is 36.3 cm³/mol. The summed E-state index contributed by atoms with van der Waals surface area (Å²) in [7, 11) is 3.60. The number of nitrogens with zero attached hydrogens (tertiary/aromatic N) is 2. The Balaban J connectivity index is 2.88. The molecule has 0 atom stereocenters. The van der Waals surface area contributed by atoms with Crippen LogP contribution in [-0.2, 0) is 4.79 Å². The minimum atomic E-state index is -0.924. The van der Waals surface area contributed by atoms with Crippen LogP contribution in [0.4, 0.5) is 0 Å². The lowest BCUT2D eigenvalue weighted by molar-refractivity contribution is -0.843. The van der Waals surface area contributed by atoms with E-state index in [2.05, 4.69) is 5.10 Å². The largest absolute Gasteiger partial charge is 0.477 e. The van der Waals surface area contributed by atoms with E-state index in [4.69, 9.17) is 5.11 Å². The lowest BCUT2D eigenvalue weighted by Gasteiger charge is -2.11. The molecule has 0 aliphatic carbocycles. The molecule has 1 aliphatic rings. The molecule has 0 amide bonds. The van der Waals surface area contributed by atoms with Crippen molar-refractivity contribution in [1.82, 2.24) is 0 Å². The molecule has 0 fully saturated rings. The molecular formula is C6H9N2O2+. The molecule has 0 bridgehead atoms. The van der Waals surface area contributed by atoms with Gasteiger partial charge in [0.25, 0.3) is 0 Å². The van der Waals surface area contributed by atoms with Crippen molar-refractivity contribution < 1.29 is 14.5 Å². The van der Waals surface area contributed by atoms with E-state index in [1.165, 1.54) is 6.21 Å². The molecule has 0 saturated heterocycles. The van der Waals surface area contributed by atoms with Crippen LogP contribution < -0.4 is 0 Å². The molecule has 1 rings (SSSR count). The molecule has 4 nitrogen and oxygen atoms in total. The molecule has 0 unspecified atom stereocenters. The molecule has 0 spiro atoms. The maximum absolute atomic E-state index is 10.3. The van der Waals surface area contributed by atoms with Crippen LogP contribution in [0.25, 0.3) is 0 Å². The van der Waals surface area contributed by atoms with Crippen molar-refractivity contribution in [2.75, 3.05) is 14.1 Å². The molecule has 1 N–H and O–H groups in total. The van der Waals surface area contributed by atoms with Gasteiger partial charge in [0.1, 0.15) is 18.0 Å². The SMILES string of the molecule is C[N+]1(C)C=C(C(=O)O)C=N1. The third kappa shape index (κ3) is 1.22. The maximum atomic E-state index is 10.3. The average Bonchev–Trinajstić information content (AvgIpc) is 2.10. The van der Waals surface area contributed by atoms with Gasteiger partial charge >= 0.3 is 5.97 Å². The van der Waals surface area contributed by atoms with Crippen molar-refractivity contribution >= 4 is 12.2 Å². The van der Waals surface area contributed by atoms with E-state index >= 15 is 0 Å². The van der Waals surface area contributed by atoms with Crippen LogP contribution in [0.5, 0.6) is 0 Å². The quantitative estimate of drug-likeness (QED) is 0.524. The Morgan fingerprint density at radius 1 is 1.70 bits per heavy atom. The fourth-order valence-corrected chi connectivity index (χ4v) is 0.728. The van der Waals surface area contributed by atoms with Crippen LogP contribution in [0.3, 0.4) is 0 Å². The number of hydrogen-bond donors (Lipinski definition) is 1. The minimum Gasteiger partial charge on any atom is -0.477 e. The Morgan fingerprint density at radius 2 is 2.30 bits per heavy atom. The van der Waals surface area contributed by atoms with E-state index in [1.54, 1.807) is 20.3 Å². The van der Waals surface area contributed by atoms with Gasteiger partial charge in [-0.3, -0.25) is 0 Å². The van der Waals surface area contributed by atoms with Gasteiger partial charge in [0.05, 0.1) is 14.1 Å². The summed E-state index contributed by atoms with van der Waals surface area (Å²) in [6, 6.07) is 0. The molecule has 54 valence electrons. The molecule has 0 aromatic heterocycles. The number of hydrogen-bond acceptors (Lipinski definition) is 2. The van der Waals surface area contributed by atoms with Gasteiger partial charge in [0, 0.05) is 0 Å². The molecule has 0 radical (unpaired) electrons. The number of carboxylic acids is 1. The third-order valence-electron chi connectivity index (χ3n) is 1.20. The van der Waals surface area contributed by atoms with Gasteiger partial charge in [-0.15, -0.1) is 0 Å². The molecule has 1 heterocycles. The Bertz CT molecular complexity index is 228. The van der Waals surface area contributed by atoms with Crippen molar-refractivity contribution in [3.05, 3.63) is 11.8 Å². The monoisotopic (exact) mass is 141 g/mol. The van der Waals surface area contributed by atoms with E-state index in [1.807, 2.05) is 0 Å². The van der Waals surface area contributed by atoms with E-state index in [9.17, 15) is 4.79 Å². The van der Waals surface area contributed by atoms with Crippen LogP contribution >= 0.6 is 0 Å². The summed E-state index contributed by atoms with van der Waals surface area (Å²) < 4.78 is 0.266. The summed E-state index contributed by atoms with van der Waals surface area (Å²) in [4.78, 5) is 10.3. The number of carbonyl (C=O) groups is 1. The zero-order valence-electron chi connectivity index (χ0n) is 5.90. The van der Waals surface area contributed by atoms with Gasteiger partial charge in [-0.2, -0.15) is 4.59 Å². The Kier molecular flexibility index (Phi) is 1.33. The van der Waals surface area contributed by atoms with Crippen molar-refractivity contribution in [3.8, 4) is 0 Å². The van der Waals surface area contributed by atoms with Gasteiger partial charge in [0.2, 0.25) is 0 Å². The van der Waals surface area contributed by atoms with E-state index in [-0.39, 0.29) is 10.2 Å². The second kappa shape index (κ2) is 1.91. The zero-order chi connectivity index (χ0) is 7.78.